The van der Waals surface area contributed by atoms with Gasteiger partial charge in [-0.15, -0.1) is 0 Å². The Morgan fingerprint density at radius 3 is 2.23 bits per heavy atom. The van der Waals surface area contributed by atoms with E-state index in [-0.39, 0.29) is 21.7 Å². The zero-order valence-corrected chi connectivity index (χ0v) is 11.6. The zero-order valence-electron chi connectivity index (χ0n) is 11.6. The Labute approximate surface area is 122 Å². The van der Waals surface area contributed by atoms with E-state index in [1.165, 1.54) is 0 Å². The summed E-state index contributed by atoms with van der Waals surface area (Å²) in [5.41, 5.74) is -0.783. The number of aromatic amines is 1. The Morgan fingerprint density at radius 1 is 1.14 bits per heavy atom. The standard InChI is InChI=1S/C13H15F6N3/c14-12(15,16)7-22-10(13(17,18)19)2-9(21-22)1-8-3-11(4-8)5-20-6-11/h2,8,20H,1,3-7H2/p+1. The van der Waals surface area contributed by atoms with Crippen LogP contribution in [0.1, 0.15) is 24.2 Å². The van der Waals surface area contributed by atoms with Gasteiger partial charge in [-0.2, -0.15) is 31.4 Å². The number of H-pyrrole nitrogens is 1. The third-order valence-electron chi connectivity index (χ3n) is 4.46. The quantitative estimate of drug-likeness (QED) is 0.648. The smallest absolute Gasteiger partial charge is 0.316 e. The minimum atomic E-state index is -4.81. The van der Waals surface area contributed by atoms with Crippen LogP contribution < -0.4 is 10.00 Å². The normalized spacial score (nSPS) is 21.7. The van der Waals surface area contributed by atoms with Crippen LogP contribution in [0.4, 0.5) is 26.3 Å². The molecule has 3 rings (SSSR count). The minimum Gasteiger partial charge on any atom is -0.316 e. The molecule has 1 aliphatic heterocycles. The molecule has 0 amide bonds. The van der Waals surface area contributed by atoms with E-state index in [0.29, 0.717) is 6.42 Å². The number of aromatic nitrogens is 2. The van der Waals surface area contributed by atoms with Gasteiger partial charge in [0.2, 0.25) is 0 Å². The second-order valence-electron chi connectivity index (χ2n) is 6.45. The summed E-state index contributed by atoms with van der Waals surface area (Å²) >= 11 is 0. The van der Waals surface area contributed by atoms with Gasteiger partial charge in [0, 0.05) is 19.2 Å². The molecule has 2 aliphatic rings. The third-order valence-corrected chi connectivity index (χ3v) is 4.46. The number of nitrogens with one attached hydrogen (secondary N) is 2. The van der Waals surface area contributed by atoms with E-state index < -0.39 is 24.6 Å². The van der Waals surface area contributed by atoms with Crippen molar-refractivity contribution in [1.82, 2.24) is 10.4 Å². The lowest BCUT2D eigenvalue weighted by Gasteiger charge is -2.54. The van der Waals surface area contributed by atoms with Gasteiger partial charge in [0.05, 0.1) is 5.69 Å². The molecule has 3 nitrogen and oxygen atoms in total. The van der Waals surface area contributed by atoms with Crippen molar-refractivity contribution in [3.63, 3.8) is 0 Å². The predicted molar refractivity (Wildman–Crippen MR) is 63.8 cm³/mol. The fourth-order valence-electron chi connectivity index (χ4n) is 3.54. The molecule has 0 aromatic carbocycles. The summed E-state index contributed by atoms with van der Waals surface area (Å²) in [7, 11) is 0. The van der Waals surface area contributed by atoms with Crippen molar-refractivity contribution >= 4 is 0 Å². The Morgan fingerprint density at radius 2 is 1.77 bits per heavy atom. The summed E-state index contributed by atoms with van der Waals surface area (Å²) in [5, 5.41) is 5.43. The van der Waals surface area contributed by atoms with Crippen LogP contribution in [0, 0.1) is 11.3 Å². The largest absolute Gasteiger partial charge is 0.479 e. The van der Waals surface area contributed by atoms with Crippen molar-refractivity contribution in [2.24, 2.45) is 11.3 Å². The van der Waals surface area contributed by atoms with Crippen molar-refractivity contribution < 1.29 is 31.0 Å². The summed E-state index contributed by atoms with van der Waals surface area (Å²) < 4.78 is 75.9. The van der Waals surface area contributed by atoms with Crippen LogP contribution >= 0.6 is 0 Å². The van der Waals surface area contributed by atoms with E-state index in [2.05, 4.69) is 10.4 Å². The van der Waals surface area contributed by atoms with Crippen LogP contribution in [-0.4, -0.2) is 24.4 Å². The summed E-state index contributed by atoms with van der Waals surface area (Å²) in [6.07, 6.45) is -7.32. The van der Waals surface area contributed by atoms with E-state index >= 15 is 0 Å². The number of halogens is 6. The molecule has 9 heteroatoms. The molecular formula is C13H16F6N3+. The van der Waals surface area contributed by atoms with E-state index in [4.69, 9.17) is 0 Å². The molecule has 2 fully saturated rings. The van der Waals surface area contributed by atoms with Gasteiger partial charge < -0.3 is 5.32 Å². The van der Waals surface area contributed by atoms with Crippen LogP contribution in [0.25, 0.3) is 0 Å². The molecule has 1 saturated heterocycles. The molecule has 1 aromatic rings. The van der Waals surface area contributed by atoms with Gasteiger partial charge in [-0.25, -0.2) is 0 Å². The highest BCUT2D eigenvalue weighted by Gasteiger charge is 2.50. The second kappa shape index (κ2) is 4.87. The molecular weight excluding hydrogens is 312 g/mol. The molecule has 2 N–H and O–H groups in total. The van der Waals surface area contributed by atoms with Crippen LogP contribution in [0.15, 0.2) is 6.07 Å². The maximum absolute atomic E-state index is 12.8. The lowest BCUT2D eigenvalue weighted by Crippen LogP contribution is -2.60. The molecule has 1 spiro atoms. The van der Waals surface area contributed by atoms with Gasteiger partial charge in [0.15, 0.2) is 0 Å². The first-order valence-electron chi connectivity index (χ1n) is 7.03. The average molecular weight is 328 g/mol. The van der Waals surface area contributed by atoms with Crippen LogP contribution in [-0.2, 0) is 19.1 Å². The maximum atomic E-state index is 12.8. The highest BCUT2D eigenvalue weighted by atomic mass is 19.4. The zero-order chi connectivity index (χ0) is 16.2. The fraction of sp³-hybridized carbons (Fsp3) is 0.769. The summed E-state index contributed by atoms with van der Waals surface area (Å²) in [6.45, 7) is 0.187. The molecule has 2 heterocycles. The summed E-state index contributed by atoms with van der Waals surface area (Å²) in [5.74, 6) is 0.237. The van der Waals surface area contributed by atoms with E-state index in [0.717, 1.165) is 32.0 Å². The number of alkyl halides is 6. The van der Waals surface area contributed by atoms with Crippen molar-refractivity contribution in [1.29, 1.82) is 0 Å². The van der Waals surface area contributed by atoms with Crippen molar-refractivity contribution in [2.45, 2.75) is 38.2 Å². The molecule has 1 saturated carbocycles. The predicted octanol–water partition coefficient (Wildman–Crippen LogP) is 2.43. The van der Waals surface area contributed by atoms with E-state index in [9.17, 15) is 26.3 Å². The van der Waals surface area contributed by atoms with Crippen LogP contribution in [0.3, 0.4) is 0 Å². The van der Waals surface area contributed by atoms with Crippen molar-refractivity contribution in [2.75, 3.05) is 13.1 Å². The Hall–Kier alpha value is -1.25. The number of hydrogen-bond donors (Lipinski definition) is 2. The number of rotatable bonds is 3. The van der Waals surface area contributed by atoms with Gasteiger partial charge in [-0.3, -0.25) is 0 Å². The summed E-state index contributed by atoms with van der Waals surface area (Å²) in [6, 6.07) is 0.801. The molecule has 1 aromatic heterocycles. The first kappa shape index (κ1) is 15.6. The number of nitrogens with zero attached hydrogens (tertiary/aromatic N) is 1. The Balaban J connectivity index is 1.72. The van der Waals surface area contributed by atoms with E-state index in [1.54, 1.807) is 0 Å². The fourth-order valence-corrected chi connectivity index (χ4v) is 3.54. The highest BCUT2D eigenvalue weighted by molar-refractivity contribution is 5.11. The van der Waals surface area contributed by atoms with Gasteiger partial charge in [0.25, 0.3) is 6.54 Å². The second-order valence-corrected chi connectivity index (χ2v) is 6.45. The van der Waals surface area contributed by atoms with Crippen LogP contribution in [0.2, 0.25) is 0 Å². The highest BCUT2D eigenvalue weighted by Crippen LogP contribution is 2.49. The molecule has 0 bridgehead atoms. The van der Waals surface area contributed by atoms with E-state index in [1.807, 2.05) is 0 Å². The molecule has 0 unspecified atom stereocenters. The Kier molecular flexibility index (Phi) is 3.46. The topological polar surface area (TPSA) is 31.7 Å². The van der Waals surface area contributed by atoms with Gasteiger partial charge in [-0.05, 0) is 30.6 Å². The monoisotopic (exact) mass is 328 g/mol. The van der Waals surface area contributed by atoms with Gasteiger partial charge in [-0.1, -0.05) is 4.68 Å². The SMILES string of the molecule is FC(F)(F)C[n+]1[nH]c(CC2CC3(CNC3)C2)cc1C(F)(F)F. The molecule has 22 heavy (non-hydrogen) atoms. The minimum absolute atomic E-state index is 0.147. The number of hydrogen-bond acceptors (Lipinski definition) is 1. The van der Waals surface area contributed by atoms with Crippen molar-refractivity contribution in [3.05, 3.63) is 17.5 Å². The molecule has 1 aliphatic carbocycles. The third kappa shape index (κ3) is 3.09. The van der Waals surface area contributed by atoms with Gasteiger partial charge in [0.1, 0.15) is 0 Å². The molecule has 0 atom stereocenters. The maximum Gasteiger partial charge on any atom is 0.479 e. The Bertz CT molecular complexity index is 547. The molecule has 0 radical (unpaired) electrons. The van der Waals surface area contributed by atoms with Gasteiger partial charge >= 0.3 is 18.0 Å². The first-order chi connectivity index (χ1) is 10.1. The van der Waals surface area contributed by atoms with Crippen LogP contribution in [0.5, 0.6) is 0 Å². The summed E-state index contributed by atoms with van der Waals surface area (Å²) in [4.78, 5) is 0. The lowest BCUT2D eigenvalue weighted by atomic mass is 9.57. The average Bonchev–Trinajstić information content (AvgIpc) is 2.60. The molecule has 124 valence electrons. The lowest BCUT2D eigenvalue weighted by molar-refractivity contribution is -0.783. The van der Waals surface area contributed by atoms with Crippen molar-refractivity contribution in [3.8, 4) is 0 Å². The first-order valence-corrected chi connectivity index (χ1v) is 7.03.